The van der Waals surface area contributed by atoms with Gasteiger partial charge in [0.2, 0.25) is 0 Å². The molecule has 1 aliphatic heterocycles. The Balaban J connectivity index is 2.46. The van der Waals surface area contributed by atoms with Gasteiger partial charge in [-0.15, -0.1) is 23.5 Å². The Kier molecular flexibility index (Phi) is 4.81. The Morgan fingerprint density at radius 2 is 1.79 bits per heavy atom. The number of hydrogen-bond donors (Lipinski definition) is 0. The van der Waals surface area contributed by atoms with Gasteiger partial charge in [-0.25, -0.2) is 0 Å². The van der Waals surface area contributed by atoms with Gasteiger partial charge in [0.05, 0.1) is 35.4 Å². The Morgan fingerprint density at radius 3 is 2.32 bits per heavy atom. The highest BCUT2D eigenvalue weighted by Crippen LogP contribution is 2.49. The summed E-state index contributed by atoms with van der Waals surface area (Å²) in [7, 11) is 3.01. The largest absolute Gasteiger partial charge is 0.493 e. The van der Waals surface area contributed by atoms with E-state index in [1.165, 1.54) is 20.3 Å². The van der Waals surface area contributed by atoms with Crippen molar-refractivity contribution in [2.75, 3.05) is 25.7 Å². The number of nitro groups is 1. The minimum absolute atomic E-state index is 0.0916. The van der Waals surface area contributed by atoms with Gasteiger partial charge in [-0.2, -0.15) is 0 Å². The van der Waals surface area contributed by atoms with E-state index < -0.39 is 0 Å². The van der Waals surface area contributed by atoms with E-state index in [9.17, 15) is 10.1 Å². The molecular weight excluding hydrogens is 286 g/mol. The second-order valence-electron chi connectivity index (χ2n) is 3.95. The minimum atomic E-state index is -0.354. The maximum absolute atomic E-state index is 11.2. The molecular formula is C12H15NO4S2. The molecule has 0 amide bonds. The molecule has 0 spiro atoms. The number of methoxy groups -OCH3 is 2. The molecule has 0 bridgehead atoms. The highest BCUT2D eigenvalue weighted by molar-refractivity contribution is 8.16. The van der Waals surface area contributed by atoms with Crippen molar-refractivity contribution in [2.45, 2.75) is 11.0 Å². The first-order chi connectivity index (χ1) is 9.17. The third-order valence-electron chi connectivity index (χ3n) is 2.81. The zero-order valence-corrected chi connectivity index (χ0v) is 12.4. The number of rotatable bonds is 4. The predicted molar refractivity (Wildman–Crippen MR) is 78.5 cm³/mol. The molecule has 0 unspecified atom stereocenters. The van der Waals surface area contributed by atoms with Crippen LogP contribution in [-0.2, 0) is 0 Å². The van der Waals surface area contributed by atoms with Gasteiger partial charge >= 0.3 is 0 Å². The normalized spacial score (nSPS) is 16.1. The van der Waals surface area contributed by atoms with Crippen molar-refractivity contribution in [3.8, 4) is 11.5 Å². The monoisotopic (exact) mass is 301 g/mol. The third kappa shape index (κ3) is 3.09. The van der Waals surface area contributed by atoms with Gasteiger partial charge in [0.25, 0.3) is 5.69 Å². The number of benzene rings is 1. The van der Waals surface area contributed by atoms with Crippen LogP contribution in [0.25, 0.3) is 0 Å². The number of nitrogens with zero attached hydrogens (tertiary/aromatic N) is 1. The summed E-state index contributed by atoms with van der Waals surface area (Å²) < 4.78 is 10.5. The molecule has 1 fully saturated rings. The van der Waals surface area contributed by atoms with Gasteiger partial charge in [-0.05, 0) is 24.0 Å². The molecule has 19 heavy (non-hydrogen) atoms. The molecule has 0 atom stereocenters. The van der Waals surface area contributed by atoms with Crippen LogP contribution in [-0.4, -0.2) is 30.6 Å². The van der Waals surface area contributed by atoms with Crippen LogP contribution in [0, 0.1) is 10.1 Å². The van der Waals surface area contributed by atoms with Gasteiger partial charge in [0.15, 0.2) is 11.5 Å². The van der Waals surface area contributed by atoms with Crippen molar-refractivity contribution in [1.29, 1.82) is 0 Å². The second-order valence-corrected chi connectivity index (χ2v) is 6.67. The van der Waals surface area contributed by atoms with Crippen LogP contribution in [0.2, 0.25) is 0 Å². The molecule has 1 aliphatic rings. The van der Waals surface area contributed by atoms with Gasteiger partial charge in [0.1, 0.15) is 0 Å². The Hall–Kier alpha value is -1.08. The highest BCUT2D eigenvalue weighted by atomic mass is 32.2. The zero-order chi connectivity index (χ0) is 13.8. The van der Waals surface area contributed by atoms with Crippen LogP contribution < -0.4 is 9.47 Å². The molecule has 1 saturated heterocycles. The molecule has 1 heterocycles. The summed E-state index contributed by atoms with van der Waals surface area (Å²) in [6, 6.07) is 3.18. The Morgan fingerprint density at radius 1 is 1.21 bits per heavy atom. The van der Waals surface area contributed by atoms with E-state index in [4.69, 9.17) is 9.47 Å². The summed E-state index contributed by atoms with van der Waals surface area (Å²) in [6.07, 6.45) is 1.15. The lowest BCUT2D eigenvalue weighted by Gasteiger charge is -2.22. The Labute approximate surface area is 120 Å². The van der Waals surface area contributed by atoms with Gasteiger partial charge in [-0.3, -0.25) is 10.1 Å². The van der Waals surface area contributed by atoms with Crippen LogP contribution in [0.1, 0.15) is 16.6 Å². The first-order valence-electron chi connectivity index (χ1n) is 5.81. The lowest BCUT2D eigenvalue weighted by atomic mass is 10.1. The second kappa shape index (κ2) is 6.38. The van der Waals surface area contributed by atoms with E-state index in [0.29, 0.717) is 17.1 Å². The molecule has 0 aliphatic carbocycles. The molecule has 0 aromatic heterocycles. The van der Waals surface area contributed by atoms with E-state index in [1.807, 2.05) is 0 Å². The molecule has 0 saturated carbocycles. The molecule has 0 radical (unpaired) electrons. The SMILES string of the molecule is COc1cc(C2SCCCS2)c([N+](=O)[O-])cc1OC. The minimum Gasteiger partial charge on any atom is -0.493 e. The maximum Gasteiger partial charge on any atom is 0.278 e. The fourth-order valence-electron chi connectivity index (χ4n) is 1.90. The van der Waals surface area contributed by atoms with E-state index in [-0.39, 0.29) is 15.2 Å². The van der Waals surface area contributed by atoms with Gasteiger partial charge in [0, 0.05) is 0 Å². The highest BCUT2D eigenvalue weighted by Gasteiger charge is 2.27. The third-order valence-corrected chi connectivity index (χ3v) is 5.79. The summed E-state index contributed by atoms with van der Waals surface area (Å²) >= 11 is 3.49. The lowest BCUT2D eigenvalue weighted by Crippen LogP contribution is -2.05. The topological polar surface area (TPSA) is 61.6 Å². The fourth-order valence-corrected chi connectivity index (χ4v) is 4.83. The molecule has 7 heteroatoms. The molecule has 104 valence electrons. The smallest absolute Gasteiger partial charge is 0.278 e. The molecule has 0 N–H and O–H groups in total. The van der Waals surface area contributed by atoms with Crippen molar-refractivity contribution >= 4 is 29.2 Å². The van der Waals surface area contributed by atoms with Crippen molar-refractivity contribution in [2.24, 2.45) is 0 Å². The van der Waals surface area contributed by atoms with Crippen molar-refractivity contribution in [3.05, 3.63) is 27.8 Å². The summed E-state index contributed by atoms with van der Waals surface area (Å²) in [4.78, 5) is 10.9. The van der Waals surface area contributed by atoms with Crippen molar-refractivity contribution in [3.63, 3.8) is 0 Å². The average Bonchev–Trinajstić information content (AvgIpc) is 2.46. The predicted octanol–water partition coefficient (Wildman–Crippen LogP) is 3.48. The van der Waals surface area contributed by atoms with Crippen LogP contribution >= 0.6 is 23.5 Å². The van der Waals surface area contributed by atoms with Crippen molar-refractivity contribution in [1.82, 2.24) is 0 Å². The average molecular weight is 301 g/mol. The first-order valence-corrected chi connectivity index (χ1v) is 7.90. The van der Waals surface area contributed by atoms with Crippen LogP contribution in [0.15, 0.2) is 12.1 Å². The lowest BCUT2D eigenvalue weighted by molar-refractivity contribution is -0.385. The van der Waals surface area contributed by atoms with E-state index >= 15 is 0 Å². The quantitative estimate of drug-likeness (QED) is 0.627. The summed E-state index contributed by atoms with van der Waals surface area (Å²) in [6.45, 7) is 0. The molecule has 1 aromatic rings. The summed E-state index contributed by atoms with van der Waals surface area (Å²) in [5, 5.41) is 11.2. The first kappa shape index (κ1) is 14.3. The van der Waals surface area contributed by atoms with Crippen molar-refractivity contribution < 1.29 is 14.4 Å². The molecule has 1 aromatic carbocycles. The van der Waals surface area contributed by atoms with E-state index in [0.717, 1.165) is 17.9 Å². The number of hydrogen-bond acceptors (Lipinski definition) is 6. The fraction of sp³-hybridized carbons (Fsp3) is 0.500. The van der Waals surface area contributed by atoms with Gasteiger partial charge in [-0.1, -0.05) is 0 Å². The van der Waals surface area contributed by atoms with Gasteiger partial charge < -0.3 is 9.47 Å². The maximum atomic E-state index is 11.2. The zero-order valence-electron chi connectivity index (χ0n) is 10.8. The van der Waals surface area contributed by atoms with Crippen LogP contribution in [0.5, 0.6) is 11.5 Å². The number of ether oxygens (including phenoxy) is 2. The summed E-state index contributed by atoms with van der Waals surface area (Å²) in [5.41, 5.74) is 0.807. The van der Waals surface area contributed by atoms with Crippen LogP contribution in [0.3, 0.4) is 0 Å². The van der Waals surface area contributed by atoms with Crippen LogP contribution in [0.4, 0.5) is 5.69 Å². The number of nitro benzene ring substituents is 1. The molecule has 2 rings (SSSR count). The van der Waals surface area contributed by atoms with E-state index in [2.05, 4.69) is 0 Å². The standard InChI is InChI=1S/C12H15NO4S2/c1-16-10-6-8(12-18-4-3-5-19-12)9(13(14)15)7-11(10)17-2/h6-7,12H,3-5H2,1-2H3. The molecule has 5 nitrogen and oxygen atoms in total. The number of thioether (sulfide) groups is 2. The Bertz CT molecular complexity index is 475. The van der Waals surface area contributed by atoms with E-state index in [1.54, 1.807) is 29.6 Å². The summed E-state index contributed by atoms with van der Waals surface area (Å²) in [5.74, 6) is 2.99.